The molecule has 8 heteroatoms. The van der Waals surface area contributed by atoms with Crippen LogP contribution in [0, 0.1) is 10.1 Å². The molecule has 0 aliphatic rings. The lowest BCUT2D eigenvalue weighted by atomic mass is 10.3. The third kappa shape index (κ3) is 2.32. The van der Waals surface area contributed by atoms with Crippen LogP contribution in [-0.2, 0) is 0 Å². The van der Waals surface area contributed by atoms with Crippen molar-refractivity contribution in [3.63, 3.8) is 0 Å². The molecule has 3 aromatic rings. The van der Waals surface area contributed by atoms with E-state index in [1.165, 1.54) is 12.1 Å². The van der Waals surface area contributed by atoms with Gasteiger partial charge in [0.1, 0.15) is 4.60 Å². The molecule has 0 bridgehead atoms. The number of hydrogen-bond acceptors (Lipinski definition) is 5. The van der Waals surface area contributed by atoms with Crippen LogP contribution in [0.2, 0.25) is 0 Å². The monoisotopic (exact) mass is 333 g/mol. The normalized spacial score (nSPS) is 10.7. The molecule has 0 fully saturated rings. The number of fused-ring (bicyclic) bond motifs is 1. The van der Waals surface area contributed by atoms with Gasteiger partial charge in [0, 0.05) is 17.8 Å². The quantitative estimate of drug-likeness (QED) is 0.452. The van der Waals surface area contributed by atoms with Gasteiger partial charge in [0.15, 0.2) is 5.65 Å². The Hall–Kier alpha value is -2.48. The summed E-state index contributed by atoms with van der Waals surface area (Å²) in [4.78, 5) is 14.4. The van der Waals surface area contributed by atoms with Crippen LogP contribution >= 0.6 is 15.9 Å². The van der Waals surface area contributed by atoms with Crippen LogP contribution < -0.4 is 5.32 Å². The highest BCUT2D eigenvalue weighted by molar-refractivity contribution is 9.10. The first-order chi connectivity index (χ1) is 9.63. The van der Waals surface area contributed by atoms with Gasteiger partial charge in [-0.2, -0.15) is 4.98 Å². The number of hydrogen-bond donors (Lipinski definition) is 1. The Kier molecular flexibility index (Phi) is 3.07. The lowest BCUT2D eigenvalue weighted by Crippen LogP contribution is -1.94. The van der Waals surface area contributed by atoms with Crippen molar-refractivity contribution >= 4 is 38.9 Å². The highest BCUT2D eigenvalue weighted by atomic mass is 79.9. The van der Waals surface area contributed by atoms with Gasteiger partial charge < -0.3 is 5.32 Å². The van der Waals surface area contributed by atoms with E-state index in [0.29, 0.717) is 17.3 Å². The average Bonchev–Trinajstić information content (AvgIpc) is 2.83. The third-order valence-corrected chi connectivity index (χ3v) is 3.25. The highest BCUT2D eigenvalue weighted by Crippen LogP contribution is 2.19. The molecule has 0 saturated carbocycles. The summed E-state index contributed by atoms with van der Waals surface area (Å²) in [5.74, 6) is 0.422. The van der Waals surface area contributed by atoms with E-state index in [1.54, 1.807) is 16.6 Å². The second-order valence-electron chi connectivity index (χ2n) is 3.98. The van der Waals surface area contributed by atoms with Crippen molar-refractivity contribution in [2.75, 3.05) is 5.32 Å². The van der Waals surface area contributed by atoms with Crippen LogP contribution in [0.5, 0.6) is 0 Å². The molecule has 0 aliphatic carbocycles. The van der Waals surface area contributed by atoms with Gasteiger partial charge in [-0.1, -0.05) is 6.07 Å². The molecule has 0 radical (unpaired) electrons. The zero-order valence-electron chi connectivity index (χ0n) is 10.0. The molecule has 0 unspecified atom stereocenters. The van der Waals surface area contributed by atoms with E-state index in [9.17, 15) is 10.1 Å². The molecule has 100 valence electrons. The number of pyridine rings is 1. The van der Waals surface area contributed by atoms with Crippen molar-refractivity contribution in [2.24, 2.45) is 0 Å². The minimum Gasteiger partial charge on any atom is -0.323 e. The molecular formula is C12H8BrN5O2. The van der Waals surface area contributed by atoms with Crippen molar-refractivity contribution in [3.05, 3.63) is 57.2 Å². The van der Waals surface area contributed by atoms with E-state index in [-0.39, 0.29) is 5.69 Å². The van der Waals surface area contributed by atoms with Crippen molar-refractivity contribution in [1.29, 1.82) is 0 Å². The minimum absolute atomic E-state index is 0.0428. The largest absolute Gasteiger partial charge is 0.323 e. The fourth-order valence-electron chi connectivity index (χ4n) is 1.72. The molecule has 0 spiro atoms. The zero-order chi connectivity index (χ0) is 14.1. The standard InChI is InChI=1S/C12H8BrN5O2/c13-10-2-1-3-11-15-12(16-17(10)11)14-8-4-6-9(7-5-8)18(19)20/h1-7H,(H,14,16). The van der Waals surface area contributed by atoms with Gasteiger partial charge in [-0.25, -0.2) is 4.52 Å². The van der Waals surface area contributed by atoms with E-state index >= 15 is 0 Å². The molecule has 1 aromatic carbocycles. The summed E-state index contributed by atoms with van der Waals surface area (Å²) in [6, 6.07) is 11.6. The molecule has 7 nitrogen and oxygen atoms in total. The zero-order valence-corrected chi connectivity index (χ0v) is 11.6. The number of aromatic nitrogens is 3. The lowest BCUT2D eigenvalue weighted by Gasteiger charge is -2.00. The molecule has 0 atom stereocenters. The lowest BCUT2D eigenvalue weighted by molar-refractivity contribution is -0.384. The Bertz CT molecular complexity index is 784. The second-order valence-corrected chi connectivity index (χ2v) is 4.80. The molecule has 3 rings (SSSR count). The first-order valence-corrected chi connectivity index (χ1v) is 6.45. The molecule has 2 heterocycles. The van der Waals surface area contributed by atoms with Gasteiger partial charge in [0.25, 0.3) is 5.69 Å². The number of nitro benzene ring substituents is 1. The molecule has 0 amide bonds. The molecule has 2 aromatic heterocycles. The van der Waals surface area contributed by atoms with Crippen molar-refractivity contribution in [1.82, 2.24) is 14.6 Å². The number of anilines is 2. The summed E-state index contributed by atoms with van der Waals surface area (Å²) in [6.45, 7) is 0. The van der Waals surface area contributed by atoms with Crippen LogP contribution in [0.25, 0.3) is 5.65 Å². The summed E-state index contributed by atoms with van der Waals surface area (Å²) < 4.78 is 2.44. The maximum atomic E-state index is 10.6. The summed E-state index contributed by atoms with van der Waals surface area (Å²) in [5, 5.41) is 17.9. The maximum absolute atomic E-state index is 10.6. The fourth-order valence-corrected chi connectivity index (χ4v) is 2.14. The van der Waals surface area contributed by atoms with E-state index < -0.39 is 4.92 Å². The topological polar surface area (TPSA) is 85.4 Å². The fraction of sp³-hybridized carbons (Fsp3) is 0. The van der Waals surface area contributed by atoms with E-state index in [4.69, 9.17) is 0 Å². The van der Waals surface area contributed by atoms with Crippen LogP contribution in [0.15, 0.2) is 47.1 Å². The smallest absolute Gasteiger partial charge is 0.269 e. The van der Waals surface area contributed by atoms with E-state index in [0.717, 1.165) is 4.60 Å². The first kappa shape index (κ1) is 12.5. The Morgan fingerprint density at radius 2 is 1.95 bits per heavy atom. The average molecular weight is 334 g/mol. The summed E-state index contributed by atoms with van der Waals surface area (Å²) in [5.41, 5.74) is 1.42. The van der Waals surface area contributed by atoms with Gasteiger partial charge in [-0.3, -0.25) is 10.1 Å². The predicted octanol–water partition coefficient (Wildman–Crippen LogP) is 3.14. The first-order valence-electron chi connectivity index (χ1n) is 5.66. The third-order valence-electron chi connectivity index (χ3n) is 2.65. The van der Waals surface area contributed by atoms with Crippen LogP contribution in [-0.4, -0.2) is 19.5 Å². The number of rotatable bonds is 3. The van der Waals surface area contributed by atoms with Gasteiger partial charge in [0.05, 0.1) is 4.92 Å². The van der Waals surface area contributed by atoms with Gasteiger partial charge in [0.2, 0.25) is 5.95 Å². The minimum atomic E-state index is -0.440. The molecule has 0 aliphatic heterocycles. The Morgan fingerprint density at radius 1 is 1.20 bits per heavy atom. The number of non-ortho nitro benzene ring substituents is 1. The highest BCUT2D eigenvalue weighted by Gasteiger charge is 2.07. The molecular weight excluding hydrogens is 326 g/mol. The summed E-state index contributed by atoms with van der Waals surface area (Å²) in [7, 11) is 0. The van der Waals surface area contributed by atoms with Gasteiger partial charge >= 0.3 is 0 Å². The molecule has 0 saturated heterocycles. The SMILES string of the molecule is O=[N+]([O-])c1ccc(Nc2nc3cccc(Br)n3n2)cc1. The summed E-state index contributed by atoms with van der Waals surface area (Å²) in [6.07, 6.45) is 0. The number of benzene rings is 1. The van der Waals surface area contributed by atoms with Gasteiger partial charge in [-0.15, -0.1) is 5.10 Å². The van der Waals surface area contributed by atoms with Gasteiger partial charge in [-0.05, 0) is 40.2 Å². The van der Waals surface area contributed by atoms with E-state index in [1.807, 2.05) is 18.2 Å². The number of nitro groups is 1. The molecule has 20 heavy (non-hydrogen) atoms. The number of halogens is 1. The second kappa shape index (κ2) is 4.89. The van der Waals surface area contributed by atoms with Crippen molar-refractivity contribution in [2.45, 2.75) is 0 Å². The predicted molar refractivity (Wildman–Crippen MR) is 77.1 cm³/mol. The summed E-state index contributed by atoms with van der Waals surface area (Å²) >= 11 is 3.38. The van der Waals surface area contributed by atoms with Crippen molar-refractivity contribution in [3.8, 4) is 0 Å². The Morgan fingerprint density at radius 3 is 2.60 bits per heavy atom. The Labute approximate surface area is 121 Å². The van der Waals surface area contributed by atoms with Crippen LogP contribution in [0.4, 0.5) is 17.3 Å². The van der Waals surface area contributed by atoms with E-state index in [2.05, 4.69) is 31.3 Å². The number of nitrogens with one attached hydrogen (secondary N) is 1. The van der Waals surface area contributed by atoms with Crippen LogP contribution in [0.3, 0.4) is 0 Å². The van der Waals surface area contributed by atoms with Crippen LogP contribution in [0.1, 0.15) is 0 Å². The van der Waals surface area contributed by atoms with Crippen molar-refractivity contribution < 1.29 is 4.92 Å². The Balaban J connectivity index is 1.89. The number of nitrogens with zero attached hydrogens (tertiary/aromatic N) is 4. The maximum Gasteiger partial charge on any atom is 0.269 e. The molecule has 1 N–H and O–H groups in total.